The number of nitrogens with one attached hydrogen (secondary N) is 1. The van der Waals surface area contributed by atoms with Crippen LogP contribution in [0.1, 0.15) is 28.1 Å². The number of hydrogen-bond acceptors (Lipinski definition) is 6. The first-order chi connectivity index (χ1) is 14.5. The number of carbonyl (C=O) groups is 2. The van der Waals surface area contributed by atoms with E-state index in [0.717, 1.165) is 29.5 Å². The number of aryl methyl sites for hydroxylation is 1. The number of urea groups is 1. The number of benzene rings is 1. The Balaban J connectivity index is 1.57. The first-order valence-corrected chi connectivity index (χ1v) is 10.5. The van der Waals surface area contributed by atoms with Gasteiger partial charge in [0.05, 0.1) is 35.7 Å². The lowest BCUT2D eigenvalue weighted by Gasteiger charge is -2.30. The molecule has 0 bridgehead atoms. The van der Waals surface area contributed by atoms with Crippen LogP contribution in [0.2, 0.25) is 0 Å². The molecule has 0 saturated carbocycles. The quantitative estimate of drug-likeness (QED) is 0.660. The molecule has 3 amide bonds. The SMILES string of the molecule is Cc1cc(OC2CCOCC2)ccc1N1C(=O)Nc2ccnc3sc(C(N)=O)c1c23. The molecule has 0 spiro atoms. The number of rotatable bonds is 4. The minimum Gasteiger partial charge on any atom is -0.490 e. The zero-order valence-corrected chi connectivity index (χ0v) is 17.1. The third kappa shape index (κ3) is 3.06. The number of primary amides is 1. The number of aromatic nitrogens is 1. The molecule has 1 saturated heterocycles. The lowest BCUT2D eigenvalue weighted by Crippen LogP contribution is -2.35. The molecule has 2 aliphatic rings. The van der Waals surface area contributed by atoms with E-state index in [1.165, 1.54) is 16.2 Å². The standard InChI is InChI=1S/C21H20N4O4S/c1-11-10-13(29-12-5-8-28-9-6-12)2-3-15(11)25-17-16-14(24-21(25)27)4-7-23-20(16)30-18(17)19(22)26/h2-4,7,10,12H,5-6,8-9H2,1H3,(H2,22,26)(H,24,27). The van der Waals surface area contributed by atoms with Gasteiger partial charge in [-0.3, -0.25) is 9.69 Å². The van der Waals surface area contributed by atoms with Crippen LogP contribution >= 0.6 is 11.3 Å². The fourth-order valence-electron chi connectivity index (χ4n) is 3.93. The van der Waals surface area contributed by atoms with E-state index < -0.39 is 5.91 Å². The van der Waals surface area contributed by atoms with Crippen molar-refractivity contribution in [3.63, 3.8) is 0 Å². The molecule has 4 heterocycles. The van der Waals surface area contributed by atoms with Crippen molar-refractivity contribution in [1.82, 2.24) is 4.98 Å². The maximum Gasteiger partial charge on any atom is 0.331 e. The highest BCUT2D eigenvalue weighted by Crippen LogP contribution is 2.47. The maximum absolute atomic E-state index is 13.0. The van der Waals surface area contributed by atoms with Crippen LogP contribution in [0.3, 0.4) is 0 Å². The van der Waals surface area contributed by atoms with Crippen LogP contribution < -0.4 is 20.7 Å². The maximum atomic E-state index is 13.0. The number of carbonyl (C=O) groups excluding carboxylic acids is 2. The van der Waals surface area contributed by atoms with Crippen molar-refractivity contribution < 1.29 is 19.1 Å². The molecule has 30 heavy (non-hydrogen) atoms. The monoisotopic (exact) mass is 424 g/mol. The summed E-state index contributed by atoms with van der Waals surface area (Å²) >= 11 is 1.19. The summed E-state index contributed by atoms with van der Waals surface area (Å²) in [5, 5.41) is 3.61. The van der Waals surface area contributed by atoms with Crippen molar-refractivity contribution in [2.24, 2.45) is 5.73 Å². The van der Waals surface area contributed by atoms with Crippen LogP contribution in [0.25, 0.3) is 10.2 Å². The van der Waals surface area contributed by atoms with E-state index >= 15 is 0 Å². The zero-order valence-electron chi connectivity index (χ0n) is 16.3. The Labute approximate surface area is 176 Å². The van der Waals surface area contributed by atoms with Gasteiger partial charge in [0.15, 0.2) is 0 Å². The highest BCUT2D eigenvalue weighted by molar-refractivity contribution is 7.21. The fraction of sp³-hybridized carbons (Fsp3) is 0.286. The van der Waals surface area contributed by atoms with E-state index in [1.807, 2.05) is 25.1 Å². The summed E-state index contributed by atoms with van der Waals surface area (Å²) in [5.41, 5.74) is 8.24. The molecule has 2 aromatic heterocycles. The minimum absolute atomic E-state index is 0.123. The first kappa shape index (κ1) is 18.8. The zero-order chi connectivity index (χ0) is 20.8. The van der Waals surface area contributed by atoms with E-state index in [4.69, 9.17) is 15.2 Å². The lowest BCUT2D eigenvalue weighted by molar-refractivity contribution is 0.0255. The van der Waals surface area contributed by atoms with Gasteiger partial charge in [-0.1, -0.05) is 0 Å². The van der Waals surface area contributed by atoms with E-state index in [1.54, 1.807) is 12.3 Å². The molecule has 5 rings (SSSR count). The van der Waals surface area contributed by atoms with Gasteiger partial charge in [0, 0.05) is 19.0 Å². The Morgan fingerprint density at radius 1 is 1.33 bits per heavy atom. The summed E-state index contributed by atoms with van der Waals surface area (Å²) in [6.07, 6.45) is 3.44. The highest BCUT2D eigenvalue weighted by atomic mass is 32.1. The molecule has 0 radical (unpaired) electrons. The van der Waals surface area contributed by atoms with Crippen molar-refractivity contribution in [2.75, 3.05) is 23.4 Å². The molecule has 8 nitrogen and oxygen atoms in total. The number of pyridine rings is 1. The van der Waals surface area contributed by atoms with Crippen molar-refractivity contribution in [2.45, 2.75) is 25.9 Å². The number of amides is 3. The van der Waals surface area contributed by atoms with E-state index in [0.29, 0.717) is 40.0 Å². The van der Waals surface area contributed by atoms with Crippen LogP contribution in [0, 0.1) is 6.92 Å². The third-order valence-corrected chi connectivity index (χ3v) is 6.44. The number of thiophene rings is 1. The largest absolute Gasteiger partial charge is 0.490 e. The van der Waals surface area contributed by atoms with Crippen molar-refractivity contribution in [3.05, 3.63) is 40.9 Å². The van der Waals surface area contributed by atoms with Crippen molar-refractivity contribution in [3.8, 4) is 5.75 Å². The molecule has 1 fully saturated rings. The van der Waals surface area contributed by atoms with Crippen LogP contribution in [-0.4, -0.2) is 36.2 Å². The van der Waals surface area contributed by atoms with Gasteiger partial charge in [-0.15, -0.1) is 11.3 Å². The van der Waals surface area contributed by atoms with E-state index in [-0.39, 0.29) is 12.1 Å². The Morgan fingerprint density at radius 2 is 2.13 bits per heavy atom. The van der Waals surface area contributed by atoms with E-state index in [2.05, 4.69) is 10.3 Å². The average Bonchev–Trinajstić information content (AvgIpc) is 3.11. The minimum atomic E-state index is -0.587. The molecule has 0 unspecified atom stereocenters. The molecule has 0 atom stereocenters. The molecular formula is C21H20N4O4S. The molecule has 3 N–H and O–H groups in total. The smallest absolute Gasteiger partial charge is 0.331 e. The highest BCUT2D eigenvalue weighted by Gasteiger charge is 2.34. The van der Waals surface area contributed by atoms with Gasteiger partial charge in [-0.25, -0.2) is 9.78 Å². The van der Waals surface area contributed by atoms with Crippen LogP contribution in [0.4, 0.5) is 21.9 Å². The topological polar surface area (TPSA) is 107 Å². The summed E-state index contributed by atoms with van der Waals surface area (Å²) in [6, 6.07) is 6.95. The number of nitrogens with two attached hydrogens (primary N) is 1. The summed E-state index contributed by atoms with van der Waals surface area (Å²) in [7, 11) is 0. The fourth-order valence-corrected chi connectivity index (χ4v) is 4.94. The molecule has 2 aliphatic heterocycles. The van der Waals surface area contributed by atoms with E-state index in [9.17, 15) is 9.59 Å². The molecule has 1 aromatic carbocycles. The molecule has 154 valence electrons. The second-order valence-electron chi connectivity index (χ2n) is 7.33. The van der Waals surface area contributed by atoms with Gasteiger partial charge >= 0.3 is 6.03 Å². The summed E-state index contributed by atoms with van der Waals surface area (Å²) in [4.78, 5) is 32.0. The van der Waals surface area contributed by atoms with Crippen LogP contribution in [0.15, 0.2) is 30.5 Å². The van der Waals surface area contributed by atoms with Crippen LogP contribution in [0.5, 0.6) is 5.75 Å². The Bertz CT molecular complexity index is 1170. The second kappa shape index (κ2) is 7.26. The Kier molecular flexibility index (Phi) is 4.56. The van der Waals surface area contributed by atoms with Gasteiger partial charge in [0.2, 0.25) is 0 Å². The molecular weight excluding hydrogens is 404 g/mol. The summed E-state index contributed by atoms with van der Waals surface area (Å²) in [6.45, 7) is 3.31. The molecule has 9 heteroatoms. The van der Waals surface area contributed by atoms with Crippen LogP contribution in [-0.2, 0) is 4.74 Å². The van der Waals surface area contributed by atoms with Gasteiger partial charge in [-0.2, -0.15) is 0 Å². The number of hydrogen-bond donors (Lipinski definition) is 2. The lowest BCUT2D eigenvalue weighted by atomic mass is 10.1. The van der Waals surface area contributed by atoms with Gasteiger partial charge in [0.25, 0.3) is 5.91 Å². The predicted octanol–water partition coefficient (Wildman–Crippen LogP) is 3.95. The second-order valence-corrected chi connectivity index (χ2v) is 8.33. The summed E-state index contributed by atoms with van der Waals surface area (Å²) < 4.78 is 11.5. The average molecular weight is 424 g/mol. The third-order valence-electron chi connectivity index (χ3n) is 5.34. The normalized spacial score (nSPS) is 16.6. The predicted molar refractivity (Wildman–Crippen MR) is 115 cm³/mol. The first-order valence-electron chi connectivity index (χ1n) is 9.70. The Morgan fingerprint density at radius 3 is 2.87 bits per heavy atom. The van der Waals surface area contributed by atoms with Gasteiger partial charge in [0.1, 0.15) is 21.6 Å². The molecule has 0 aliphatic carbocycles. The Hall–Kier alpha value is -3.17. The van der Waals surface area contributed by atoms with Gasteiger partial charge < -0.3 is 20.5 Å². The van der Waals surface area contributed by atoms with Gasteiger partial charge in [-0.05, 0) is 36.8 Å². The summed E-state index contributed by atoms with van der Waals surface area (Å²) in [5.74, 6) is 0.156. The number of anilines is 3. The van der Waals surface area contributed by atoms with Crippen molar-refractivity contribution in [1.29, 1.82) is 0 Å². The van der Waals surface area contributed by atoms with Crippen molar-refractivity contribution >= 4 is 50.6 Å². The number of nitrogens with zero attached hydrogens (tertiary/aromatic N) is 2. The molecule has 3 aromatic rings. The number of ether oxygens (including phenoxy) is 2.